The largest absolute Gasteiger partial charge is 0.494 e. The molecule has 2 rings (SSSR count). The predicted octanol–water partition coefficient (Wildman–Crippen LogP) is 6.21. The SMILES string of the molecule is CCCCCCCOc1ccc(C(=O)Oc2ccc(C(=O)OCCCC)cc2)cc1. The molecule has 0 aromatic heterocycles. The fourth-order valence-electron chi connectivity index (χ4n) is 2.80. The van der Waals surface area contributed by atoms with Crippen LogP contribution < -0.4 is 9.47 Å². The van der Waals surface area contributed by atoms with Gasteiger partial charge >= 0.3 is 11.9 Å². The highest BCUT2D eigenvalue weighted by molar-refractivity contribution is 5.92. The number of esters is 2. The summed E-state index contributed by atoms with van der Waals surface area (Å²) in [5.41, 5.74) is 0.871. The lowest BCUT2D eigenvalue weighted by Gasteiger charge is -2.08. The predicted molar refractivity (Wildman–Crippen MR) is 117 cm³/mol. The molecule has 0 saturated carbocycles. The molecular weight excluding hydrogens is 380 g/mol. The van der Waals surface area contributed by atoms with Crippen molar-refractivity contribution in [1.29, 1.82) is 0 Å². The van der Waals surface area contributed by atoms with Gasteiger partial charge in [-0.2, -0.15) is 0 Å². The standard InChI is InChI=1S/C25H32O5/c1-3-5-7-8-9-19-28-22-14-10-21(11-15-22)25(27)30-23-16-12-20(13-17-23)24(26)29-18-6-4-2/h10-17H,3-9,18-19H2,1-2H3. The van der Waals surface area contributed by atoms with E-state index < -0.39 is 5.97 Å². The van der Waals surface area contributed by atoms with Gasteiger partial charge in [0.1, 0.15) is 11.5 Å². The van der Waals surface area contributed by atoms with E-state index in [0.717, 1.165) is 25.0 Å². The van der Waals surface area contributed by atoms with Crippen LogP contribution in [0.15, 0.2) is 48.5 Å². The van der Waals surface area contributed by atoms with Crippen molar-refractivity contribution in [3.63, 3.8) is 0 Å². The van der Waals surface area contributed by atoms with Crippen LogP contribution in [0, 0.1) is 0 Å². The molecule has 30 heavy (non-hydrogen) atoms. The van der Waals surface area contributed by atoms with E-state index in [1.54, 1.807) is 48.5 Å². The van der Waals surface area contributed by atoms with Crippen LogP contribution in [0.4, 0.5) is 0 Å². The van der Waals surface area contributed by atoms with Crippen molar-refractivity contribution in [2.24, 2.45) is 0 Å². The Morgan fingerprint density at radius 1 is 0.633 bits per heavy atom. The molecule has 0 aliphatic rings. The van der Waals surface area contributed by atoms with E-state index in [0.29, 0.717) is 30.1 Å². The quantitative estimate of drug-likeness (QED) is 0.222. The van der Waals surface area contributed by atoms with E-state index in [9.17, 15) is 9.59 Å². The van der Waals surface area contributed by atoms with Crippen LogP contribution in [0.2, 0.25) is 0 Å². The lowest BCUT2D eigenvalue weighted by molar-refractivity contribution is 0.0499. The van der Waals surface area contributed by atoms with Gasteiger partial charge < -0.3 is 14.2 Å². The summed E-state index contributed by atoms with van der Waals surface area (Å²) in [7, 11) is 0. The van der Waals surface area contributed by atoms with Gasteiger partial charge in [0.05, 0.1) is 24.3 Å². The molecule has 0 aliphatic carbocycles. The molecule has 0 heterocycles. The molecule has 0 aliphatic heterocycles. The number of ether oxygens (including phenoxy) is 3. The number of carbonyl (C=O) groups excluding carboxylic acids is 2. The molecule has 0 fully saturated rings. The van der Waals surface area contributed by atoms with Gasteiger partial charge in [-0.3, -0.25) is 0 Å². The van der Waals surface area contributed by atoms with Gasteiger partial charge in [-0.05, 0) is 61.4 Å². The maximum absolute atomic E-state index is 12.3. The van der Waals surface area contributed by atoms with Crippen molar-refractivity contribution in [3.8, 4) is 11.5 Å². The van der Waals surface area contributed by atoms with Crippen molar-refractivity contribution >= 4 is 11.9 Å². The smallest absolute Gasteiger partial charge is 0.343 e. The Morgan fingerprint density at radius 3 is 1.83 bits per heavy atom. The summed E-state index contributed by atoms with van der Waals surface area (Å²) in [5.74, 6) is 0.284. The van der Waals surface area contributed by atoms with Gasteiger partial charge in [-0.15, -0.1) is 0 Å². The third-order valence-electron chi connectivity index (χ3n) is 4.64. The van der Waals surface area contributed by atoms with Crippen LogP contribution >= 0.6 is 0 Å². The Kier molecular flexibility index (Phi) is 10.5. The van der Waals surface area contributed by atoms with E-state index >= 15 is 0 Å². The number of unbranched alkanes of at least 4 members (excludes halogenated alkanes) is 5. The van der Waals surface area contributed by atoms with Gasteiger partial charge in [-0.25, -0.2) is 9.59 Å². The molecule has 2 aromatic rings. The average Bonchev–Trinajstić information content (AvgIpc) is 2.77. The van der Waals surface area contributed by atoms with Crippen LogP contribution in [0.25, 0.3) is 0 Å². The summed E-state index contributed by atoms with van der Waals surface area (Å²) in [5, 5.41) is 0. The van der Waals surface area contributed by atoms with E-state index in [1.807, 2.05) is 6.92 Å². The summed E-state index contributed by atoms with van der Waals surface area (Å²) in [6, 6.07) is 13.3. The Balaban J connectivity index is 1.79. The van der Waals surface area contributed by atoms with Gasteiger partial charge in [0.15, 0.2) is 0 Å². The zero-order valence-corrected chi connectivity index (χ0v) is 18.0. The molecule has 0 unspecified atom stereocenters. The summed E-state index contributed by atoms with van der Waals surface area (Å²) in [6.45, 7) is 5.32. The highest BCUT2D eigenvalue weighted by atomic mass is 16.5. The summed E-state index contributed by atoms with van der Waals surface area (Å²) < 4.78 is 16.3. The first-order chi connectivity index (χ1) is 14.6. The molecule has 0 spiro atoms. The molecule has 5 heteroatoms. The van der Waals surface area contributed by atoms with Gasteiger partial charge in [-0.1, -0.05) is 46.0 Å². The Hall–Kier alpha value is -2.82. The van der Waals surface area contributed by atoms with E-state index in [1.165, 1.54) is 25.7 Å². The topological polar surface area (TPSA) is 61.8 Å². The van der Waals surface area contributed by atoms with Crippen molar-refractivity contribution in [3.05, 3.63) is 59.7 Å². The van der Waals surface area contributed by atoms with Crippen molar-refractivity contribution in [2.45, 2.75) is 58.8 Å². The van der Waals surface area contributed by atoms with Crippen LogP contribution in [0.3, 0.4) is 0 Å². The molecule has 0 amide bonds. The number of hydrogen-bond acceptors (Lipinski definition) is 5. The van der Waals surface area contributed by atoms with E-state index in [2.05, 4.69) is 6.92 Å². The monoisotopic (exact) mass is 412 g/mol. The fraction of sp³-hybridized carbons (Fsp3) is 0.440. The minimum absolute atomic E-state index is 0.373. The third-order valence-corrected chi connectivity index (χ3v) is 4.64. The number of benzene rings is 2. The normalized spacial score (nSPS) is 10.5. The third kappa shape index (κ3) is 8.27. The maximum Gasteiger partial charge on any atom is 0.343 e. The second-order valence-electron chi connectivity index (χ2n) is 7.19. The summed E-state index contributed by atoms with van der Waals surface area (Å²) in [6.07, 6.45) is 7.75. The minimum Gasteiger partial charge on any atom is -0.494 e. The molecule has 2 aromatic carbocycles. The molecular formula is C25H32O5. The zero-order chi connectivity index (χ0) is 21.6. The maximum atomic E-state index is 12.3. The van der Waals surface area contributed by atoms with Crippen molar-refractivity contribution in [1.82, 2.24) is 0 Å². The minimum atomic E-state index is -0.459. The van der Waals surface area contributed by atoms with E-state index in [4.69, 9.17) is 14.2 Å². The zero-order valence-electron chi connectivity index (χ0n) is 18.0. The van der Waals surface area contributed by atoms with Gasteiger partial charge in [0, 0.05) is 0 Å². The van der Waals surface area contributed by atoms with Crippen LogP contribution in [-0.2, 0) is 4.74 Å². The summed E-state index contributed by atoms with van der Waals surface area (Å²) in [4.78, 5) is 24.2. The highest BCUT2D eigenvalue weighted by Gasteiger charge is 2.11. The second kappa shape index (κ2) is 13.4. The van der Waals surface area contributed by atoms with Crippen LogP contribution in [0.5, 0.6) is 11.5 Å². The fourth-order valence-corrected chi connectivity index (χ4v) is 2.80. The molecule has 0 saturated heterocycles. The number of hydrogen-bond donors (Lipinski definition) is 0. The lowest BCUT2D eigenvalue weighted by Crippen LogP contribution is -2.09. The Labute approximate surface area is 179 Å². The molecule has 162 valence electrons. The van der Waals surface area contributed by atoms with Gasteiger partial charge in [0.25, 0.3) is 0 Å². The molecule has 5 nitrogen and oxygen atoms in total. The molecule has 0 radical (unpaired) electrons. The number of rotatable bonds is 13. The van der Waals surface area contributed by atoms with Crippen molar-refractivity contribution in [2.75, 3.05) is 13.2 Å². The van der Waals surface area contributed by atoms with Crippen molar-refractivity contribution < 1.29 is 23.8 Å². The first kappa shape index (κ1) is 23.5. The first-order valence-electron chi connectivity index (χ1n) is 10.9. The Morgan fingerprint density at radius 2 is 1.20 bits per heavy atom. The van der Waals surface area contributed by atoms with Crippen LogP contribution in [0.1, 0.15) is 79.5 Å². The number of carbonyl (C=O) groups is 2. The van der Waals surface area contributed by atoms with Gasteiger partial charge in [0.2, 0.25) is 0 Å². The Bertz CT molecular complexity index is 765. The molecule has 0 atom stereocenters. The first-order valence-corrected chi connectivity index (χ1v) is 10.9. The summed E-state index contributed by atoms with van der Waals surface area (Å²) >= 11 is 0. The molecule has 0 N–H and O–H groups in total. The second-order valence-corrected chi connectivity index (χ2v) is 7.19. The lowest BCUT2D eigenvalue weighted by atomic mass is 10.2. The van der Waals surface area contributed by atoms with Crippen LogP contribution in [-0.4, -0.2) is 25.2 Å². The molecule has 0 bridgehead atoms. The van der Waals surface area contributed by atoms with E-state index in [-0.39, 0.29) is 5.97 Å². The average molecular weight is 413 g/mol. The highest BCUT2D eigenvalue weighted by Crippen LogP contribution is 2.17.